The van der Waals surface area contributed by atoms with Gasteiger partial charge < -0.3 is 9.42 Å². The van der Waals surface area contributed by atoms with Gasteiger partial charge in [-0.1, -0.05) is 65.8 Å². The van der Waals surface area contributed by atoms with E-state index in [0.29, 0.717) is 18.3 Å². The lowest BCUT2D eigenvalue weighted by Gasteiger charge is -2.28. The Morgan fingerprint density at radius 2 is 1.69 bits per heavy atom. The molecule has 1 aliphatic heterocycles. The van der Waals surface area contributed by atoms with Crippen molar-refractivity contribution in [3.63, 3.8) is 0 Å². The van der Waals surface area contributed by atoms with Gasteiger partial charge in [-0.2, -0.15) is 4.98 Å². The molecule has 1 atom stereocenters. The van der Waals surface area contributed by atoms with Crippen LogP contribution in [0.15, 0.2) is 65.2 Å². The quantitative estimate of drug-likeness (QED) is 0.784. The van der Waals surface area contributed by atoms with Crippen molar-refractivity contribution >= 4 is 5.91 Å². The van der Waals surface area contributed by atoms with Crippen LogP contribution in [0.1, 0.15) is 34.8 Å². The first-order valence-corrected chi connectivity index (χ1v) is 8.63. The van der Waals surface area contributed by atoms with E-state index in [1.807, 2.05) is 36.4 Å². The van der Waals surface area contributed by atoms with E-state index < -0.39 is 0 Å². The number of hydrogen-bond donors (Lipinski definition) is 1. The van der Waals surface area contributed by atoms with Gasteiger partial charge in [0.1, 0.15) is 6.04 Å². The highest BCUT2D eigenvalue weighted by Gasteiger charge is 2.29. The zero-order chi connectivity index (χ0) is 17.9. The van der Waals surface area contributed by atoms with Crippen LogP contribution in [-0.4, -0.2) is 41.1 Å². The molecule has 1 aliphatic rings. The fourth-order valence-electron chi connectivity index (χ4n) is 3.24. The molecule has 1 fully saturated rings. The number of carbonyl (C=O) groups excluding carboxylic acids is 1. The number of likely N-dealkylation sites (N-methyl/N-ethyl adjacent to an activating group) is 1. The fraction of sp³-hybridized carbons (Fsp3) is 0.250. The lowest BCUT2D eigenvalue weighted by atomic mass is 9.91. The van der Waals surface area contributed by atoms with E-state index in [1.54, 1.807) is 11.9 Å². The van der Waals surface area contributed by atoms with Crippen molar-refractivity contribution in [1.82, 2.24) is 20.4 Å². The highest BCUT2D eigenvalue weighted by atomic mass is 16.5. The first kappa shape index (κ1) is 16.5. The van der Waals surface area contributed by atoms with Crippen molar-refractivity contribution in [2.75, 3.05) is 20.1 Å². The Balaban J connectivity index is 1.67. The molecule has 0 aliphatic carbocycles. The first-order valence-electron chi connectivity index (χ1n) is 8.63. The molecule has 1 saturated heterocycles. The molecule has 3 aromatic rings. The normalized spacial score (nSPS) is 17.7. The SMILES string of the molecule is CN1CC(c2nc(C(c3ccccc3)c3ccccc3)no2)NCC1=O. The lowest BCUT2D eigenvalue weighted by Crippen LogP contribution is -2.47. The van der Waals surface area contributed by atoms with E-state index in [1.165, 1.54) is 0 Å². The number of carbonyl (C=O) groups is 1. The van der Waals surface area contributed by atoms with Crippen molar-refractivity contribution < 1.29 is 9.32 Å². The molecule has 0 spiro atoms. The van der Waals surface area contributed by atoms with Crippen LogP contribution in [0.2, 0.25) is 0 Å². The predicted octanol–water partition coefficient (Wildman–Crippen LogP) is 2.35. The van der Waals surface area contributed by atoms with Gasteiger partial charge in [0.05, 0.1) is 12.5 Å². The van der Waals surface area contributed by atoms with Crippen LogP contribution in [-0.2, 0) is 4.79 Å². The Labute approximate surface area is 151 Å². The summed E-state index contributed by atoms with van der Waals surface area (Å²) >= 11 is 0. The van der Waals surface area contributed by atoms with Gasteiger partial charge in [0.15, 0.2) is 5.82 Å². The summed E-state index contributed by atoms with van der Waals surface area (Å²) in [5.74, 6) is 1.10. The van der Waals surface area contributed by atoms with Crippen molar-refractivity contribution in [3.05, 3.63) is 83.5 Å². The zero-order valence-electron chi connectivity index (χ0n) is 14.5. The summed E-state index contributed by atoms with van der Waals surface area (Å²) in [5.41, 5.74) is 2.21. The van der Waals surface area contributed by atoms with Gasteiger partial charge >= 0.3 is 0 Å². The molecule has 1 N–H and O–H groups in total. The number of benzene rings is 2. The number of aromatic nitrogens is 2. The van der Waals surface area contributed by atoms with E-state index in [2.05, 4.69) is 39.7 Å². The molecule has 6 heteroatoms. The Kier molecular flexibility index (Phi) is 4.50. The van der Waals surface area contributed by atoms with Crippen LogP contribution < -0.4 is 5.32 Å². The summed E-state index contributed by atoms with van der Waals surface area (Å²) in [7, 11) is 1.78. The van der Waals surface area contributed by atoms with Gasteiger partial charge in [-0.05, 0) is 11.1 Å². The monoisotopic (exact) mass is 348 g/mol. The van der Waals surface area contributed by atoms with Crippen LogP contribution >= 0.6 is 0 Å². The molecule has 2 heterocycles. The van der Waals surface area contributed by atoms with E-state index in [4.69, 9.17) is 4.52 Å². The minimum absolute atomic E-state index is 0.0624. The Hall–Kier alpha value is -2.99. The average molecular weight is 348 g/mol. The summed E-state index contributed by atoms with van der Waals surface area (Å²) in [6.45, 7) is 0.793. The molecular formula is C20H20N4O2. The van der Waals surface area contributed by atoms with Gasteiger partial charge in [0.2, 0.25) is 11.8 Å². The zero-order valence-corrected chi connectivity index (χ0v) is 14.5. The van der Waals surface area contributed by atoms with Gasteiger partial charge in [0, 0.05) is 13.6 Å². The Morgan fingerprint density at radius 3 is 2.27 bits per heavy atom. The van der Waals surface area contributed by atoms with Gasteiger partial charge in [-0.3, -0.25) is 10.1 Å². The summed E-state index contributed by atoms with van der Waals surface area (Å²) in [6, 6.07) is 20.1. The Morgan fingerprint density at radius 1 is 1.08 bits per heavy atom. The molecule has 1 aromatic heterocycles. The van der Waals surface area contributed by atoms with E-state index in [-0.39, 0.29) is 24.4 Å². The second-order valence-corrected chi connectivity index (χ2v) is 6.45. The first-order chi connectivity index (χ1) is 12.7. The maximum Gasteiger partial charge on any atom is 0.245 e. The van der Waals surface area contributed by atoms with E-state index in [9.17, 15) is 4.79 Å². The maximum atomic E-state index is 11.7. The summed E-state index contributed by atoms with van der Waals surface area (Å²) in [4.78, 5) is 18.0. The van der Waals surface area contributed by atoms with Crippen LogP contribution in [0.4, 0.5) is 0 Å². The van der Waals surface area contributed by atoms with Crippen LogP contribution in [0.5, 0.6) is 0 Å². The number of rotatable bonds is 4. The topological polar surface area (TPSA) is 71.3 Å². The summed E-state index contributed by atoms with van der Waals surface area (Å²) < 4.78 is 5.55. The minimum atomic E-state index is -0.147. The predicted molar refractivity (Wildman–Crippen MR) is 96.5 cm³/mol. The van der Waals surface area contributed by atoms with Gasteiger partial charge in [0.25, 0.3) is 0 Å². The smallest absolute Gasteiger partial charge is 0.245 e. The number of piperazine rings is 1. The molecule has 4 rings (SSSR count). The third-order valence-corrected chi connectivity index (χ3v) is 4.66. The van der Waals surface area contributed by atoms with Crippen molar-refractivity contribution in [2.45, 2.75) is 12.0 Å². The van der Waals surface area contributed by atoms with E-state index >= 15 is 0 Å². The van der Waals surface area contributed by atoms with Crippen molar-refractivity contribution in [2.24, 2.45) is 0 Å². The van der Waals surface area contributed by atoms with Crippen molar-refractivity contribution in [1.29, 1.82) is 0 Å². The number of hydrogen-bond acceptors (Lipinski definition) is 5. The highest BCUT2D eigenvalue weighted by molar-refractivity contribution is 5.78. The maximum absolute atomic E-state index is 11.7. The third-order valence-electron chi connectivity index (χ3n) is 4.66. The van der Waals surface area contributed by atoms with Gasteiger partial charge in [-0.25, -0.2) is 0 Å². The molecule has 132 valence electrons. The largest absolute Gasteiger partial charge is 0.343 e. The average Bonchev–Trinajstić information content (AvgIpc) is 3.16. The standard InChI is InChI=1S/C20H20N4O2/c1-24-13-16(21-12-17(24)25)20-22-19(23-26-20)18(14-8-4-2-5-9-14)15-10-6-3-7-11-15/h2-11,16,18,21H,12-13H2,1H3. The van der Waals surface area contributed by atoms with Crippen LogP contribution in [0, 0.1) is 0 Å². The lowest BCUT2D eigenvalue weighted by molar-refractivity contribution is -0.131. The number of nitrogens with one attached hydrogen (secondary N) is 1. The molecule has 1 amide bonds. The second-order valence-electron chi connectivity index (χ2n) is 6.45. The molecule has 26 heavy (non-hydrogen) atoms. The molecule has 6 nitrogen and oxygen atoms in total. The third kappa shape index (κ3) is 3.23. The molecule has 0 bridgehead atoms. The van der Waals surface area contributed by atoms with E-state index in [0.717, 1.165) is 11.1 Å². The Bertz CT molecular complexity index is 840. The van der Waals surface area contributed by atoms with Crippen LogP contribution in [0.3, 0.4) is 0 Å². The number of nitrogens with zero attached hydrogens (tertiary/aromatic N) is 3. The fourth-order valence-corrected chi connectivity index (χ4v) is 3.24. The van der Waals surface area contributed by atoms with Crippen LogP contribution in [0.25, 0.3) is 0 Å². The molecule has 0 radical (unpaired) electrons. The summed E-state index contributed by atoms with van der Waals surface area (Å²) in [5, 5.41) is 7.42. The van der Waals surface area contributed by atoms with Crippen molar-refractivity contribution in [3.8, 4) is 0 Å². The minimum Gasteiger partial charge on any atom is -0.343 e. The highest BCUT2D eigenvalue weighted by Crippen LogP contribution is 2.30. The second kappa shape index (κ2) is 7.09. The molecule has 2 aromatic carbocycles. The number of amides is 1. The summed E-state index contributed by atoms with van der Waals surface area (Å²) in [6.07, 6.45) is 0. The molecular weight excluding hydrogens is 328 g/mol. The molecule has 0 saturated carbocycles. The molecule has 1 unspecified atom stereocenters. The van der Waals surface area contributed by atoms with Gasteiger partial charge in [-0.15, -0.1) is 0 Å².